The maximum atomic E-state index is 13.7. The molecule has 1 N–H and O–H groups in total. The molecule has 6 nitrogen and oxygen atoms in total. The summed E-state index contributed by atoms with van der Waals surface area (Å²) in [5, 5.41) is 2.42. The molecule has 0 spiro atoms. The number of carbonyl (C=O) groups excluding carboxylic acids is 2. The highest BCUT2D eigenvalue weighted by Gasteiger charge is 2.50. The highest BCUT2D eigenvalue weighted by molar-refractivity contribution is 7.94. The number of hydrogen-bond acceptors (Lipinski definition) is 4. The molecule has 3 rings (SSSR count). The molecular weight excluding hydrogens is 395 g/mol. The topological polar surface area (TPSA) is 83.6 Å². The molecule has 1 aliphatic heterocycles. The smallest absolute Gasteiger partial charge is 0.257 e. The molecule has 0 aromatic heterocycles. The predicted molar refractivity (Wildman–Crippen MR) is 101 cm³/mol. The van der Waals surface area contributed by atoms with Crippen molar-refractivity contribution in [1.82, 2.24) is 0 Å². The minimum atomic E-state index is -3.87. The lowest BCUT2D eigenvalue weighted by molar-refractivity contribution is -0.123. The molecule has 0 atom stereocenters. The Hall–Kier alpha value is -2.45. The van der Waals surface area contributed by atoms with Gasteiger partial charge in [0, 0.05) is 0 Å². The first-order valence-electron chi connectivity index (χ1n) is 7.96. The molecule has 1 aliphatic rings. The molecule has 0 unspecified atom stereocenters. The molecule has 1 fully saturated rings. The Morgan fingerprint density at radius 2 is 1.89 bits per heavy atom. The van der Waals surface area contributed by atoms with Gasteiger partial charge in [-0.2, -0.15) is 0 Å². The molecule has 1 heterocycles. The average Bonchev–Trinajstić information content (AvgIpc) is 2.73. The molecule has 0 aliphatic carbocycles. The maximum absolute atomic E-state index is 13.7. The predicted octanol–water partition coefficient (Wildman–Crippen LogP) is 3.43. The van der Waals surface area contributed by atoms with Crippen molar-refractivity contribution in [2.24, 2.45) is 5.41 Å². The third-order valence-electron chi connectivity index (χ3n) is 4.14. The van der Waals surface area contributed by atoms with Crippen molar-refractivity contribution >= 4 is 44.8 Å². The third-order valence-corrected chi connectivity index (χ3v) is 6.49. The van der Waals surface area contributed by atoms with E-state index in [1.54, 1.807) is 6.07 Å². The first kappa shape index (κ1) is 19.3. The van der Waals surface area contributed by atoms with Crippen LogP contribution in [0.2, 0.25) is 5.02 Å². The summed E-state index contributed by atoms with van der Waals surface area (Å²) in [6.07, 6.45) is 0. The summed E-state index contributed by atoms with van der Waals surface area (Å²) in [6, 6.07) is 9.46. The summed E-state index contributed by atoms with van der Waals surface area (Å²) >= 11 is 6.06. The number of hydrogen-bond donors (Lipinski definition) is 1. The van der Waals surface area contributed by atoms with Crippen molar-refractivity contribution in [1.29, 1.82) is 0 Å². The van der Waals surface area contributed by atoms with Gasteiger partial charge in [-0.05, 0) is 44.2 Å². The molecule has 1 saturated heterocycles. The number of rotatable bonds is 3. The second-order valence-electron chi connectivity index (χ2n) is 6.81. The number of amides is 2. The van der Waals surface area contributed by atoms with E-state index in [0.29, 0.717) is 4.31 Å². The summed E-state index contributed by atoms with van der Waals surface area (Å²) in [7, 11) is -3.87. The van der Waals surface area contributed by atoms with Gasteiger partial charge in [0.25, 0.3) is 5.91 Å². The molecule has 2 amide bonds. The molecule has 2 aromatic rings. The number of nitrogens with one attached hydrogen (secondary N) is 1. The van der Waals surface area contributed by atoms with Crippen LogP contribution < -0.4 is 9.62 Å². The normalized spacial score (nSPS) is 17.8. The molecule has 142 valence electrons. The number of carbonyl (C=O) groups is 2. The van der Waals surface area contributed by atoms with Crippen molar-refractivity contribution in [3.63, 3.8) is 0 Å². The average molecular weight is 411 g/mol. The summed E-state index contributed by atoms with van der Waals surface area (Å²) in [4.78, 5) is 25.0. The minimum absolute atomic E-state index is 0.00802. The second kappa shape index (κ2) is 6.61. The fourth-order valence-electron chi connectivity index (χ4n) is 2.83. The van der Waals surface area contributed by atoms with Crippen LogP contribution in [-0.2, 0) is 14.8 Å². The Labute approximate surface area is 161 Å². The van der Waals surface area contributed by atoms with Gasteiger partial charge in [0.2, 0.25) is 15.9 Å². The summed E-state index contributed by atoms with van der Waals surface area (Å²) in [5.41, 5.74) is -1.19. The fourth-order valence-corrected chi connectivity index (χ4v) is 5.13. The molecule has 0 bridgehead atoms. The van der Waals surface area contributed by atoms with E-state index in [4.69, 9.17) is 11.6 Å². The van der Waals surface area contributed by atoms with Crippen LogP contribution in [0.4, 0.5) is 15.8 Å². The van der Waals surface area contributed by atoms with Gasteiger partial charge >= 0.3 is 0 Å². The van der Waals surface area contributed by atoms with Crippen molar-refractivity contribution in [3.05, 3.63) is 58.9 Å². The Bertz CT molecular complexity index is 1050. The van der Waals surface area contributed by atoms with E-state index in [2.05, 4.69) is 5.32 Å². The molecule has 27 heavy (non-hydrogen) atoms. The lowest BCUT2D eigenvalue weighted by Crippen LogP contribution is -2.33. The van der Waals surface area contributed by atoms with Crippen molar-refractivity contribution < 1.29 is 22.4 Å². The van der Waals surface area contributed by atoms with Crippen molar-refractivity contribution in [2.45, 2.75) is 13.8 Å². The third kappa shape index (κ3) is 3.54. The highest BCUT2D eigenvalue weighted by Crippen LogP contribution is 2.37. The zero-order valence-corrected chi connectivity index (χ0v) is 16.1. The van der Waals surface area contributed by atoms with Crippen LogP contribution in [0, 0.1) is 11.2 Å². The number of halogens is 2. The monoisotopic (exact) mass is 410 g/mol. The second-order valence-corrected chi connectivity index (χ2v) is 9.03. The van der Waals surface area contributed by atoms with Gasteiger partial charge in [0.1, 0.15) is 5.82 Å². The quantitative estimate of drug-likeness (QED) is 0.840. The van der Waals surface area contributed by atoms with E-state index in [-0.39, 0.29) is 27.7 Å². The van der Waals surface area contributed by atoms with E-state index in [9.17, 15) is 22.4 Å². The number of sulfonamides is 1. The highest BCUT2D eigenvalue weighted by atomic mass is 35.5. The van der Waals surface area contributed by atoms with Crippen LogP contribution in [0.25, 0.3) is 0 Å². The lowest BCUT2D eigenvalue weighted by atomic mass is 9.95. The van der Waals surface area contributed by atoms with Crippen molar-refractivity contribution in [2.75, 3.05) is 15.4 Å². The molecule has 0 radical (unpaired) electrons. The van der Waals surface area contributed by atoms with Gasteiger partial charge in [0.15, 0.2) is 0 Å². The van der Waals surface area contributed by atoms with Crippen LogP contribution in [0.3, 0.4) is 0 Å². The van der Waals surface area contributed by atoms with Crippen LogP contribution >= 0.6 is 11.6 Å². The summed E-state index contributed by atoms with van der Waals surface area (Å²) in [6.45, 7) is 3.07. The Morgan fingerprint density at radius 3 is 2.48 bits per heavy atom. The zero-order chi connectivity index (χ0) is 20.0. The molecule has 0 saturated carbocycles. The Kier molecular flexibility index (Phi) is 4.73. The minimum Gasteiger partial charge on any atom is -0.319 e. The first-order chi connectivity index (χ1) is 12.5. The lowest BCUT2D eigenvalue weighted by Gasteiger charge is -2.18. The Balaban J connectivity index is 1.99. The Morgan fingerprint density at radius 1 is 1.22 bits per heavy atom. The standard InChI is InChI=1S/C18H16ClFN2O4S/c1-18(2)10-27(25,26)22(17(18)24)11-7-8-13(19)12(9-11)16(23)21-15-6-4-3-5-14(15)20/h3-9H,10H2,1-2H3,(H,21,23). The van der Waals surface area contributed by atoms with Gasteiger partial charge in [-0.3, -0.25) is 9.59 Å². The van der Waals surface area contributed by atoms with Crippen LogP contribution in [0.5, 0.6) is 0 Å². The van der Waals surface area contributed by atoms with E-state index < -0.39 is 33.1 Å². The number of nitrogens with zero attached hydrogens (tertiary/aromatic N) is 1. The van der Waals surface area contributed by atoms with Crippen LogP contribution in [-0.4, -0.2) is 26.0 Å². The van der Waals surface area contributed by atoms with E-state index >= 15 is 0 Å². The summed E-state index contributed by atoms with van der Waals surface area (Å²) in [5.74, 6) is -2.28. The zero-order valence-electron chi connectivity index (χ0n) is 14.5. The van der Waals surface area contributed by atoms with E-state index in [1.165, 1.54) is 50.2 Å². The van der Waals surface area contributed by atoms with Gasteiger partial charge in [0.05, 0.1) is 33.1 Å². The van der Waals surface area contributed by atoms with Crippen LogP contribution in [0.1, 0.15) is 24.2 Å². The maximum Gasteiger partial charge on any atom is 0.257 e. The molecule has 2 aromatic carbocycles. The first-order valence-corrected chi connectivity index (χ1v) is 9.94. The SMILES string of the molecule is CC1(C)CS(=O)(=O)N(c2ccc(Cl)c(C(=O)Nc3ccccc3F)c2)C1=O. The number of benzene rings is 2. The largest absolute Gasteiger partial charge is 0.319 e. The van der Waals surface area contributed by atoms with Gasteiger partial charge < -0.3 is 5.32 Å². The number of anilines is 2. The van der Waals surface area contributed by atoms with Gasteiger partial charge in [-0.1, -0.05) is 23.7 Å². The van der Waals surface area contributed by atoms with E-state index in [0.717, 1.165) is 0 Å². The van der Waals surface area contributed by atoms with E-state index in [1.807, 2.05) is 0 Å². The summed E-state index contributed by atoms with van der Waals surface area (Å²) < 4.78 is 39.3. The van der Waals surface area contributed by atoms with Crippen molar-refractivity contribution in [3.8, 4) is 0 Å². The fraction of sp³-hybridized carbons (Fsp3) is 0.222. The number of para-hydroxylation sites is 1. The van der Waals surface area contributed by atoms with Crippen LogP contribution in [0.15, 0.2) is 42.5 Å². The van der Waals surface area contributed by atoms with Gasteiger partial charge in [-0.25, -0.2) is 17.1 Å². The molecular formula is C18H16ClFN2O4S. The van der Waals surface area contributed by atoms with Gasteiger partial charge in [-0.15, -0.1) is 0 Å². The molecule has 9 heteroatoms.